The number of halogens is 1. The van der Waals surface area contributed by atoms with Crippen LogP contribution >= 0.6 is 11.6 Å². The molecule has 2 amide bonds. The normalized spacial score (nSPS) is 12.8. The highest BCUT2D eigenvalue weighted by atomic mass is 35.5. The molecule has 0 spiro atoms. The molecule has 2 heterocycles. The van der Waals surface area contributed by atoms with Gasteiger partial charge < -0.3 is 0 Å². The van der Waals surface area contributed by atoms with Gasteiger partial charge in [-0.2, -0.15) is 0 Å². The maximum Gasteiger partial charge on any atom is 0.261 e. The van der Waals surface area contributed by atoms with Crippen LogP contribution in [0.15, 0.2) is 79.1 Å². The highest BCUT2D eigenvalue weighted by Crippen LogP contribution is 2.25. The van der Waals surface area contributed by atoms with E-state index in [1.807, 2.05) is 6.07 Å². The molecule has 0 unspecified atom stereocenters. The van der Waals surface area contributed by atoms with Crippen molar-refractivity contribution in [3.05, 3.63) is 112 Å². The summed E-state index contributed by atoms with van der Waals surface area (Å²) in [6.07, 6.45) is 1.79. The van der Waals surface area contributed by atoms with Gasteiger partial charge in [-0.05, 0) is 36.4 Å². The average molecular weight is 457 g/mol. The number of carbonyl (C=O) groups is 3. The van der Waals surface area contributed by atoms with Gasteiger partial charge in [0.2, 0.25) is 0 Å². The van der Waals surface area contributed by atoms with Gasteiger partial charge in [0, 0.05) is 24.1 Å². The molecule has 1 aliphatic heterocycles. The number of amides is 2. The van der Waals surface area contributed by atoms with E-state index >= 15 is 0 Å². The Hall–Kier alpha value is -4.10. The summed E-state index contributed by atoms with van der Waals surface area (Å²) in [4.78, 5) is 39.8. The monoisotopic (exact) mass is 456 g/mol. The molecule has 0 aliphatic carbocycles. The van der Waals surface area contributed by atoms with Crippen molar-refractivity contribution in [2.45, 2.75) is 6.42 Å². The Balaban J connectivity index is 1.43. The third kappa shape index (κ3) is 3.62. The maximum absolute atomic E-state index is 13.2. The van der Waals surface area contributed by atoms with Gasteiger partial charge in [-0.3, -0.25) is 23.9 Å². The number of nitrogens with zero attached hydrogens (tertiary/aromatic N) is 4. The van der Waals surface area contributed by atoms with Crippen molar-refractivity contribution in [2.24, 2.45) is 0 Å². The first-order valence-corrected chi connectivity index (χ1v) is 10.7. The number of imide groups is 1. The zero-order valence-corrected chi connectivity index (χ0v) is 18.1. The molecule has 0 saturated heterocycles. The molecule has 0 N–H and O–H groups in total. The molecule has 4 aromatic rings. The summed E-state index contributed by atoms with van der Waals surface area (Å²) in [5.41, 5.74) is 2.23. The van der Waals surface area contributed by atoms with Gasteiger partial charge in [0.25, 0.3) is 11.8 Å². The highest BCUT2D eigenvalue weighted by Gasteiger charge is 2.35. The largest absolute Gasteiger partial charge is 0.288 e. The van der Waals surface area contributed by atoms with E-state index in [1.54, 1.807) is 71.3 Å². The zero-order chi connectivity index (χ0) is 22.9. The van der Waals surface area contributed by atoms with Gasteiger partial charge in [-0.25, -0.2) is 0 Å². The molecule has 162 valence electrons. The van der Waals surface area contributed by atoms with E-state index in [1.165, 1.54) is 11.2 Å². The van der Waals surface area contributed by atoms with Crippen LogP contribution in [0.3, 0.4) is 0 Å². The number of hydrogen-bond donors (Lipinski definition) is 0. The van der Waals surface area contributed by atoms with Crippen LogP contribution in [-0.4, -0.2) is 43.8 Å². The predicted octanol–water partition coefficient (Wildman–Crippen LogP) is 3.99. The number of rotatable bonds is 6. The summed E-state index contributed by atoms with van der Waals surface area (Å²) < 4.78 is 1.70. The lowest BCUT2D eigenvalue weighted by molar-refractivity contribution is 0.0655. The molecule has 8 heteroatoms. The molecule has 33 heavy (non-hydrogen) atoms. The number of benzene rings is 3. The van der Waals surface area contributed by atoms with Gasteiger partial charge in [0.05, 0.1) is 21.8 Å². The summed E-state index contributed by atoms with van der Waals surface area (Å²) in [6, 6.07) is 20.7. The van der Waals surface area contributed by atoms with Crippen LogP contribution in [0.25, 0.3) is 5.69 Å². The number of fused-ring (bicyclic) bond motifs is 1. The van der Waals surface area contributed by atoms with E-state index in [9.17, 15) is 14.4 Å². The molecule has 0 radical (unpaired) electrons. The van der Waals surface area contributed by atoms with Crippen LogP contribution in [-0.2, 0) is 6.42 Å². The molecule has 5 rings (SSSR count). The van der Waals surface area contributed by atoms with Crippen molar-refractivity contribution in [2.75, 3.05) is 6.54 Å². The molecule has 7 nitrogen and oxygen atoms in total. The van der Waals surface area contributed by atoms with Gasteiger partial charge in [-0.1, -0.05) is 48.0 Å². The van der Waals surface area contributed by atoms with Gasteiger partial charge in [-0.15, -0.1) is 10.2 Å². The van der Waals surface area contributed by atoms with E-state index in [-0.39, 0.29) is 30.6 Å². The molecular formula is C25H17ClN4O3. The van der Waals surface area contributed by atoms with Gasteiger partial charge >= 0.3 is 0 Å². The minimum Gasteiger partial charge on any atom is -0.288 e. The quantitative estimate of drug-likeness (QED) is 0.323. The molecule has 1 aliphatic rings. The average Bonchev–Trinajstić information content (AvgIpc) is 3.40. The van der Waals surface area contributed by atoms with E-state index in [0.29, 0.717) is 38.8 Å². The Labute approximate surface area is 194 Å². The Morgan fingerprint density at radius 3 is 2.12 bits per heavy atom. The summed E-state index contributed by atoms with van der Waals surface area (Å²) in [5, 5.41) is 8.54. The van der Waals surface area contributed by atoms with Crippen LogP contribution in [0.5, 0.6) is 0 Å². The Morgan fingerprint density at radius 2 is 1.42 bits per heavy atom. The molecular weight excluding hydrogens is 440 g/mol. The first-order chi connectivity index (χ1) is 16.1. The molecule has 0 saturated carbocycles. The Bertz CT molecular complexity index is 1380. The van der Waals surface area contributed by atoms with Crippen LogP contribution in [0.1, 0.15) is 42.5 Å². The molecule has 1 aromatic heterocycles. The topological polar surface area (TPSA) is 85.2 Å². The number of ketones is 1. The SMILES string of the molecule is O=C(c1ccccc1Cl)c1ccccc1-n1cnnc1CCN1C(=O)c2ccccc2C1=O. The van der Waals surface area contributed by atoms with E-state index in [0.717, 1.165) is 0 Å². The van der Waals surface area contributed by atoms with Crippen LogP contribution in [0.2, 0.25) is 5.02 Å². The summed E-state index contributed by atoms with van der Waals surface area (Å²) in [7, 11) is 0. The van der Waals surface area contributed by atoms with Crippen molar-refractivity contribution in [1.82, 2.24) is 19.7 Å². The predicted molar refractivity (Wildman–Crippen MR) is 122 cm³/mol. The minimum atomic E-state index is -0.323. The number of hydrogen-bond acceptors (Lipinski definition) is 5. The van der Waals surface area contributed by atoms with Crippen molar-refractivity contribution in [3.63, 3.8) is 0 Å². The highest BCUT2D eigenvalue weighted by molar-refractivity contribution is 6.35. The van der Waals surface area contributed by atoms with Crippen molar-refractivity contribution in [1.29, 1.82) is 0 Å². The molecule has 0 bridgehead atoms. The second kappa shape index (κ2) is 8.44. The maximum atomic E-state index is 13.2. The smallest absolute Gasteiger partial charge is 0.261 e. The van der Waals surface area contributed by atoms with Crippen molar-refractivity contribution < 1.29 is 14.4 Å². The minimum absolute atomic E-state index is 0.145. The summed E-state index contributed by atoms with van der Waals surface area (Å²) >= 11 is 6.24. The van der Waals surface area contributed by atoms with E-state index in [2.05, 4.69) is 10.2 Å². The summed E-state index contributed by atoms with van der Waals surface area (Å²) in [5.74, 6) is -0.353. The molecule has 3 aromatic carbocycles. The third-order valence-corrected chi connectivity index (χ3v) is 5.91. The second-order valence-electron chi connectivity index (χ2n) is 7.50. The fourth-order valence-electron chi connectivity index (χ4n) is 3.95. The number of para-hydroxylation sites is 1. The van der Waals surface area contributed by atoms with E-state index < -0.39 is 0 Å². The Morgan fingerprint density at radius 1 is 0.818 bits per heavy atom. The zero-order valence-electron chi connectivity index (χ0n) is 17.3. The van der Waals surface area contributed by atoms with Crippen LogP contribution in [0, 0.1) is 0 Å². The fraction of sp³-hybridized carbons (Fsp3) is 0.0800. The van der Waals surface area contributed by atoms with Crippen LogP contribution < -0.4 is 0 Å². The fourth-order valence-corrected chi connectivity index (χ4v) is 4.17. The lowest BCUT2D eigenvalue weighted by atomic mass is 10.0. The third-order valence-electron chi connectivity index (χ3n) is 5.58. The molecule has 0 fully saturated rings. The number of carbonyl (C=O) groups excluding carboxylic acids is 3. The van der Waals surface area contributed by atoms with Gasteiger partial charge in [0.1, 0.15) is 12.2 Å². The first-order valence-electron chi connectivity index (χ1n) is 10.3. The molecule has 0 atom stereocenters. The Kier molecular flexibility index (Phi) is 5.32. The summed E-state index contributed by atoms with van der Waals surface area (Å²) in [6.45, 7) is 0.145. The number of aromatic nitrogens is 3. The lowest BCUT2D eigenvalue weighted by Gasteiger charge is -2.15. The van der Waals surface area contributed by atoms with Crippen molar-refractivity contribution in [3.8, 4) is 5.69 Å². The lowest BCUT2D eigenvalue weighted by Crippen LogP contribution is -2.32. The van der Waals surface area contributed by atoms with E-state index in [4.69, 9.17) is 11.6 Å². The first kappa shape index (κ1) is 20.8. The van der Waals surface area contributed by atoms with Crippen molar-refractivity contribution >= 4 is 29.2 Å². The second-order valence-corrected chi connectivity index (χ2v) is 7.91. The van der Waals surface area contributed by atoms with Gasteiger partial charge in [0.15, 0.2) is 5.78 Å². The van der Waals surface area contributed by atoms with Crippen LogP contribution in [0.4, 0.5) is 0 Å². The standard InChI is InChI=1S/C25H17ClN4O3/c26-20-11-5-3-9-18(20)23(31)19-10-4-6-12-21(19)30-15-27-28-22(30)13-14-29-24(32)16-7-1-2-8-17(16)25(29)33/h1-12,15H,13-14H2.